The Kier molecular flexibility index (Phi) is 5.36. The van der Waals surface area contributed by atoms with E-state index in [1.807, 2.05) is 23.9 Å². The first-order valence-corrected chi connectivity index (χ1v) is 7.49. The van der Waals surface area contributed by atoms with E-state index in [0.29, 0.717) is 36.7 Å². The van der Waals surface area contributed by atoms with Crippen molar-refractivity contribution in [3.05, 3.63) is 17.8 Å². The number of methoxy groups -OCH3 is 3. The van der Waals surface area contributed by atoms with Crippen LogP contribution in [0.2, 0.25) is 0 Å². The highest BCUT2D eigenvalue weighted by molar-refractivity contribution is 5.94. The molecule has 1 heterocycles. The van der Waals surface area contributed by atoms with Gasteiger partial charge in [0.2, 0.25) is 5.75 Å². The lowest BCUT2D eigenvalue weighted by Gasteiger charge is -2.14. The van der Waals surface area contributed by atoms with E-state index in [9.17, 15) is 4.79 Å². The molecule has 0 aliphatic carbocycles. The largest absolute Gasteiger partial charge is 0.493 e. The number of aromatic nitrogens is 1. The molecule has 6 nitrogen and oxygen atoms in total. The van der Waals surface area contributed by atoms with Gasteiger partial charge in [-0.15, -0.1) is 0 Å². The maximum absolute atomic E-state index is 11.6. The van der Waals surface area contributed by atoms with E-state index >= 15 is 0 Å². The molecular formula is C17H23NO5. The van der Waals surface area contributed by atoms with Crippen LogP contribution in [-0.4, -0.2) is 38.5 Å². The summed E-state index contributed by atoms with van der Waals surface area (Å²) in [6.45, 7) is 2.19. The van der Waals surface area contributed by atoms with Crippen LogP contribution in [-0.2, 0) is 23.0 Å². The molecule has 0 amide bonds. The van der Waals surface area contributed by atoms with Gasteiger partial charge < -0.3 is 23.5 Å². The van der Waals surface area contributed by atoms with Gasteiger partial charge in [-0.05, 0) is 18.9 Å². The molecule has 2 rings (SSSR count). The quantitative estimate of drug-likeness (QED) is 0.734. The van der Waals surface area contributed by atoms with Crippen molar-refractivity contribution < 1.29 is 23.7 Å². The van der Waals surface area contributed by atoms with Crippen molar-refractivity contribution in [2.45, 2.75) is 19.8 Å². The molecule has 1 aromatic carbocycles. The second-order valence-corrected chi connectivity index (χ2v) is 5.11. The number of fused-ring (bicyclic) bond motifs is 1. The Hall–Kier alpha value is -2.37. The summed E-state index contributed by atoms with van der Waals surface area (Å²) in [5, 5.41) is 0.928. The molecule has 0 N–H and O–H groups in total. The van der Waals surface area contributed by atoms with Gasteiger partial charge >= 0.3 is 5.97 Å². The fourth-order valence-electron chi connectivity index (χ4n) is 2.76. The first-order valence-electron chi connectivity index (χ1n) is 7.49. The van der Waals surface area contributed by atoms with Gasteiger partial charge in [-0.25, -0.2) is 0 Å². The summed E-state index contributed by atoms with van der Waals surface area (Å²) in [6.07, 6.45) is 2.89. The van der Waals surface area contributed by atoms with Gasteiger partial charge in [-0.2, -0.15) is 0 Å². The first kappa shape index (κ1) is 17.0. The molecule has 0 fully saturated rings. The van der Waals surface area contributed by atoms with Crippen molar-refractivity contribution in [3.8, 4) is 17.2 Å². The minimum absolute atomic E-state index is 0.205. The van der Waals surface area contributed by atoms with Gasteiger partial charge in [-0.1, -0.05) is 0 Å². The highest BCUT2D eigenvalue weighted by atomic mass is 16.5. The Labute approximate surface area is 135 Å². The number of nitrogens with zero attached hydrogens (tertiary/aromatic N) is 1. The summed E-state index contributed by atoms with van der Waals surface area (Å²) in [7, 11) is 6.71. The highest BCUT2D eigenvalue weighted by Gasteiger charge is 2.21. The van der Waals surface area contributed by atoms with Crippen molar-refractivity contribution in [1.82, 2.24) is 4.57 Å². The fraction of sp³-hybridized carbons (Fsp3) is 0.471. The molecule has 0 radical (unpaired) electrons. The van der Waals surface area contributed by atoms with E-state index in [1.165, 1.54) is 0 Å². The van der Waals surface area contributed by atoms with E-state index in [-0.39, 0.29) is 5.97 Å². The molecular weight excluding hydrogens is 298 g/mol. The van der Waals surface area contributed by atoms with Crippen LogP contribution in [0.5, 0.6) is 17.2 Å². The molecule has 126 valence electrons. The Balaban J connectivity index is 2.52. The van der Waals surface area contributed by atoms with Crippen molar-refractivity contribution in [3.63, 3.8) is 0 Å². The third-order valence-corrected chi connectivity index (χ3v) is 3.76. The number of hydrogen-bond donors (Lipinski definition) is 0. The van der Waals surface area contributed by atoms with Crippen LogP contribution in [0.25, 0.3) is 10.9 Å². The fourth-order valence-corrected chi connectivity index (χ4v) is 2.76. The molecule has 0 unspecified atom stereocenters. The number of hydrogen-bond acceptors (Lipinski definition) is 5. The second-order valence-electron chi connectivity index (χ2n) is 5.11. The maximum Gasteiger partial charge on any atom is 0.306 e. The third kappa shape index (κ3) is 3.21. The molecule has 6 heteroatoms. The zero-order chi connectivity index (χ0) is 17.0. The zero-order valence-corrected chi connectivity index (χ0v) is 14.3. The predicted octanol–water partition coefficient (Wildman–Crippen LogP) is 2.70. The molecule has 0 aliphatic rings. The van der Waals surface area contributed by atoms with Crippen molar-refractivity contribution >= 4 is 16.9 Å². The normalized spacial score (nSPS) is 10.7. The molecule has 1 aromatic heterocycles. The van der Waals surface area contributed by atoms with Crippen LogP contribution >= 0.6 is 0 Å². The topological polar surface area (TPSA) is 58.9 Å². The van der Waals surface area contributed by atoms with Crippen LogP contribution in [0.1, 0.15) is 18.9 Å². The lowest BCUT2D eigenvalue weighted by Crippen LogP contribution is -2.05. The molecule has 0 atom stereocenters. The molecule has 0 saturated heterocycles. The number of rotatable bonds is 7. The smallest absolute Gasteiger partial charge is 0.306 e. The Bertz CT molecular complexity index is 705. The summed E-state index contributed by atoms with van der Waals surface area (Å²) < 4.78 is 23.4. The van der Waals surface area contributed by atoms with Crippen LogP contribution < -0.4 is 14.2 Å². The van der Waals surface area contributed by atoms with E-state index in [0.717, 1.165) is 16.5 Å². The third-order valence-electron chi connectivity index (χ3n) is 3.76. The zero-order valence-electron chi connectivity index (χ0n) is 14.3. The number of aryl methyl sites for hydroxylation is 2. The molecule has 23 heavy (non-hydrogen) atoms. The summed E-state index contributed by atoms with van der Waals surface area (Å²) in [5.74, 6) is 1.56. The Morgan fingerprint density at radius 3 is 2.39 bits per heavy atom. The second kappa shape index (κ2) is 7.26. The van der Waals surface area contributed by atoms with E-state index in [4.69, 9.17) is 18.9 Å². The summed E-state index contributed by atoms with van der Waals surface area (Å²) >= 11 is 0. The molecule has 0 saturated carbocycles. The van der Waals surface area contributed by atoms with Crippen LogP contribution in [0.3, 0.4) is 0 Å². The van der Waals surface area contributed by atoms with E-state index < -0.39 is 0 Å². The van der Waals surface area contributed by atoms with Gasteiger partial charge in [0, 0.05) is 31.1 Å². The lowest BCUT2D eigenvalue weighted by molar-refractivity contribution is -0.143. The van der Waals surface area contributed by atoms with Crippen molar-refractivity contribution in [2.24, 2.45) is 7.05 Å². The highest BCUT2D eigenvalue weighted by Crippen LogP contribution is 2.45. The number of carbonyl (C=O) groups excluding carboxylic acids is 1. The summed E-state index contributed by atoms with van der Waals surface area (Å²) in [6, 6.07) is 1.91. The number of ether oxygens (including phenoxy) is 4. The average Bonchev–Trinajstić information content (AvgIpc) is 2.87. The van der Waals surface area contributed by atoms with E-state index in [2.05, 4.69) is 0 Å². The number of carbonyl (C=O) groups is 1. The monoisotopic (exact) mass is 321 g/mol. The summed E-state index contributed by atoms with van der Waals surface area (Å²) in [5.41, 5.74) is 1.96. The number of esters is 1. The SMILES string of the molecule is CCOC(=O)CCc1cn(C)c2cc(OC)c(OC)c(OC)c12. The van der Waals surface area contributed by atoms with E-state index in [1.54, 1.807) is 28.3 Å². The minimum atomic E-state index is -0.205. The van der Waals surface area contributed by atoms with Crippen molar-refractivity contribution in [1.29, 1.82) is 0 Å². The Morgan fingerprint density at radius 2 is 1.83 bits per heavy atom. The number of benzene rings is 1. The maximum atomic E-state index is 11.6. The van der Waals surface area contributed by atoms with Gasteiger partial charge in [0.15, 0.2) is 11.5 Å². The summed E-state index contributed by atoms with van der Waals surface area (Å²) in [4.78, 5) is 11.6. The van der Waals surface area contributed by atoms with Gasteiger partial charge in [0.05, 0.1) is 33.5 Å². The molecule has 0 aliphatic heterocycles. The van der Waals surface area contributed by atoms with Crippen LogP contribution in [0.4, 0.5) is 0 Å². The predicted molar refractivity (Wildman–Crippen MR) is 87.5 cm³/mol. The van der Waals surface area contributed by atoms with Gasteiger partial charge in [-0.3, -0.25) is 4.79 Å². The lowest BCUT2D eigenvalue weighted by atomic mass is 10.1. The first-order chi connectivity index (χ1) is 11.1. The van der Waals surface area contributed by atoms with Crippen LogP contribution in [0.15, 0.2) is 12.3 Å². The molecule has 2 aromatic rings. The van der Waals surface area contributed by atoms with Gasteiger partial charge in [0.25, 0.3) is 0 Å². The van der Waals surface area contributed by atoms with Crippen molar-refractivity contribution in [2.75, 3.05) is 27.9 Å². The molecule has 0 bridgehead atoms. The minimum Gasteiger partial charge on any atom is -0.493 e. The Morgan fingerprint density at radius 1 is 1.13 bits per heavy atom. The average molecular weight is 321 g/mol. The van der Waals surface area contributed by atoms with Crippen LogP contribution in [0, 0.1) is 0 Å². The standard InChI is InChI=1S/C17H23NO5/c1-6-23-14(19)8-7-11-10-18(2)12-9-13(20-3)16(21-4)17(22-5)15(11)12/h9-10H,6-8H2,1-5H3. The molecule has 0 spiro atoms. The van der Waals surface area contributed by atoms with Gasteiger partial charge in [0.1, 0.15) is 0 Å².